The molecule has 2 fully saturated rings. The van der Waals surface area contributed by atoms with Crippen LogP contribution in [-0.2, 0) is 5.41 Å². The van der Waals surface area contributed by atoms with Crippen molar-refractivity contribution in [2.75, 3.05) is 0 Å². The average Bonchev–Trinajstić information content (AvgIpc) is 3.94. The third kappa shape index (κ3) is 5.19. The number of benzene rings is 7. The van der Waals surface area contributed by atoms with Crippen LogP contribution >= 0.6 is 0 Å². The van der Waals surface area contributed by atoms with E-state index in [1.807, 2.05) is 0 Å². The zero-order valence-corrected chi connectivity index (χ0v) is 35.0. The Bertz CT molecular complexity index is 3410. The van der Waals surface area contributed by atoms with Gasteiger partial charge in [0.1, 0.15) is 5.82 Å². The van der Waals surface area contributed by atoms with E-state index in [-0.39, 0.29) is 5.41 Å². The van der Waals surface area contributed by atoms with Gasteiger partial charge in [-0.25, -0.2) is 4.98 Å². The van der Waals surface area contributed by atoms with Gasteiger partial charge < -0.3 is 9.13 Å². The molecule has 6 heteroatoms. The Morgan fingerprint density at radius 3 is 1.31 bits per heavy atom. The summed E-state index contributed by atoms with van der Waals surface area (Å²) in [6.07, 6.45) is 5.86. The van der Waals surface area contributed by atoms with E-state index in [0.717, 1.165) is 75.1 Å². The fourth-order valence-corrected chi connectivity index (χ4v) is 12.4. The van der Waals surface area contributed by atoms with Crippen LogP contribution in [0.15, 0.2) is 164 Å². The molecule has 2 saturated carbocycles. The monoisotopic (exact) mass is 802 g/mol. The van der Waals surface area contributed by atoms with E-state index < -0.39 is 0 Å². The first-order valence-electron chi connectivity index (χ1n) is 22.4. The Labute approximate surface area is 360 Å². The Balaban J connectivity index is 1.18. The maximum atomic E-state index is 5.80. The molecule has 0 radical (unpaired) electrons. The first kappa shape index (κ1) is 35.7. The van der Waals surface area contributed by atoms with Crippen LogP contribution in [0.3, 0.4) is 0 Å². The normalized spacial score (nSPS) is 20.3. The molecule has 2 aliphatic rings. The molecule has 4 aromatic heterocycles. The van der Waals surface area contributed by atoms with Crippen molar-refractivity contribution < 1.29 is 0 Å². The van der Waals surface area contributed by atoms with Gasteiger partial charge >= 0.3 is 0 Å². The van der Waals surface area contributed by atoms with Crippen LogP contribution in [0.5, 0.6) is 0 Å². The molecule has 11 aromatic rings. The molecule has 13 rings (SSSR count). The zero-order valence-electron chi connectivity index (χ0n) is 35.0. The van der Waals surface area contributed by atoms with Crippen molar-refractivity contribution in [3.8, 4) is 28.7 Å². The summed E-state index contributed by atoms with van der Waals surface area (Å²) in [5.41, 5.74) is 9.76. The molecule has 2 bridgehead atoms. The van der Waals surface area contributed by atoms with E-state index in [0.29, 0.717) is 29.5 Å². The number of para-hydroxylation sites is 7. The number of aromatic nitrogens is 6. The van der Waals surface area contributed by atoms with Crippen LogP contribution in [0.1, 0.15) is 51.8 Å². The Morgan fingerprint density at radius 2 is 0.839 bits per heavy atom. The second kappa shape index (κ2) is 13.5. The molecule has 4 atom stereocenters. The maximum Gasteiger partial charge on any atom is 0.238 e. The van der Waals surface area contributed by atoms with Crippen LogP contribution in [0.4, 0.5) is 0 Å². The van der Waals surface area contributed by atoms with Gasteiger partial charge in [-0.2, -0.15) is 9.97 Å². The Morgan fingerprint density at radius 1 is 0.419 bits per heavy atom. The maximum absolute atomic E-state index is 5.80. The van der Waals surface area contributed by atoms with Crippen LogP contribution in [0.2, 0.25) is 0 Å². The second-order valence-corrected chi connectivity index (χ2v) is 18.5. The van der Waals surface area contributed by atoms with E-state index >= 15 is 0 Å². The predicted molar refractivity (Wildman–Crippen MR) is 255 cm³/mol. The molecular formula is C56H46N6. The van der Waals surface area contributed by atoms with Gasteiger partial charge in [0.15, 0.2) is 5.82 Å². The van der Waals surface area contributed by atoms with Crippen molar-refractivity contribution in [1.29, 1.82) is 0 Å². The van der Waals surface area contributed by atoms with Gasteiger partial charge in [-0.05, 0) is 98.4 Å². The lowest BCUT2D eigenvalue weighted by atomic mass is 9.56. The molecule has 2 aliphatic carbocycles. The molecule has 7 aromatic carbocycles. The number of hydrogen-bond acceptors (Lipinski definition) is 3. The first-order chi connectivity index (χ1) is 30.5. The van der Waals surface area contributed by atoms with Crippen LogP contribution in [-0.4, -0.2) is 28.7 Å². The van der Waals surface area contributed by atoms with Crippen molar-refractivity contribution in [2.45, 2.75) is 51.4 Å². The largest absolute Gasteiger partial charge is 0.307 e. The van der Waals surface area contributed by atoms with E-state index in [1.165, 1.54) is 45.2 Å². The zero-order chi connectivity index (χ0) is 41.1. The molecule has 62 heavy (non-hydrogen) atoms. The summed E-state index contributed by atoms with van der Waals surface area (Å²) in [7, 11) is 0. The Kier molecular flexibility index (Phi) is 7.75. The SMILES string of the molecule is C[C@@H]1CC2C[C@H](C)CC(c3nc(-c4cccc(-n5c6ccccc6c6ccccc65)c4-n4c5ccccc5c5ccccc54)nc(-n4c5ccccc5c5ccccc54)n3)(C2)C1. The average molecular weight is 803 g/mol. The molecule has 0 spiro atoms. The smallest absolute Gasteiger partial charge is 0.238 e. The van der Waals surface area contributed by atoms with Gasteiger partial charge in [-0.15, -0.1) is 0 Å². The summed E-state index contributed by atoms with van der Waals surface area (Å²) in [4.78, 5) is 17.2. The molecule has 0 saturated heterocycles. The summed E-state index contributed by atoms with van der Waals surface area (Å²) >= 11 is 0. The molecule has 2 unspecified atom stereocenters. The van der Waals surface area contributed by atoms with Gasteiger partial charge in [0.25, 0.3) is 0 Å². The highest BCUT2D eigenvalue weighted by Gasteiger charge is 2.48. The quantitative estimate of drug-likeness (QED) is 0.174. The lowest BCUT2D eigenvalue weighted by molar-refractivity contribution is 0.0719. The molecular weight excluding hydrogens is 757 g/mol. The minimum Gasteiger partial charge on any atom is -0.307 e. The number of fused-ring (bicyclic) bond motifs is 11. The Hall–Kier alpha value is -7.05. The van der Waals surface area contributed by atoms with Crippen LogP contribution in [0, 0.1) is 17.8 Å². The molecule has 0 amide bonds. The summed E-state index contributed by atoms with van der Waals surface area (Å²) in [6, 6.07) is 59.4. The van der Waals surface area contributed by atoms with E-state index in [1.54, 1.807) is 0 Å². The minimum atomic E-state index is -0.136. The highest BCUT2D eigenvalue weighted by Crippen LogP contribution is 2.54. The molecule has 4 heterocycles. The standard InChI is InChI=1S/C56H46N6/c1-35-30-37-31-36(2)33-56(32-35,34-37)54-57-53(58-55(59-54)62-49-27-13-7-20-42(49)43-21-8-14-28-50(43)62)44-22-15-29-51(60-45-23-9-3-16-38(45)39-17-4-10-24-46(39)60)52(44)61-47-25-11-5-18-40(47)41-19-6-12-26-48(41)61/h3-29,35-37H,30-34H2,1-2H3/t35-,36+,37?,56?. The minimum absolute atomic E-state index is 0.136. The van der Waals surface area contributed by atoms with Crippen LogP contribution in [0.25, 0.3) is 94.1 Å². The second-order valence-electron chi connectivity index (χ2n) is 18.5. The highest BCUT2D eigenvalue weighted by molar-refractivity contribution is 6.12. The number of nitrogens with zero attached hydrogens (tertiary/aromatic N) is 6. The fraction of sp³-hybridized carbons (Fsp3) is 0.196. The molecule has 0 aliphatic heterocycles. The predicted octanol–water partition coefficient (Wildman–Crippen LogP) is 13.9. The van der Waals surface area contributed by atoms with Crippen molar-refractivity contribution in [2.24, 2.45) is 17.8 Å². The van der Waals surface area contributed by atoms with Crippen molar-refractivity contribution >= 4 is 65.4 Å². The lowest BCUT2D eigenvalue weighted by Gasteiger charge is -2.49. The van der Waals surface area contributed by atoms with Crippen molar-refractivity contribution in [3.05, 3.63) is 170 Å². The van der Waals surface area contributed by atoms with E-state index in [2.05, 4.69) is 191 Å². The number of rotatable bonds is 5. The molecule has 6 nitrogen and oxygen atoms in total. The lowest BCUT2D eigenvalue weighted by Crippen LogP contribution is -2.43. The van der Waals surface area contributed by atoms with E-state index in [4.69, 9.17) is 15.0 Å². The molecule has 0 N–H and O–H groups in total. The van der Waals surface area contributed by atoms with Crippen molar-refractivity contribution in [1.82, 2.24) is 28.7 Å². The topological polar surface area (TPSA) is 53.5 Å². The summed E-state index contributed by atoms with van der Waals surface area (Å²) in [6.45, 7) is 4.89. The fourth-order valence-electron chi connectivity index (χ4n) is 12.4. The highest BCUT2D eigenvalue weighted by atomic mass is 15.2. The van der Waals surface area contributed by atoms with E-state index in [9.17, 15) is 0 Å². The van der Waals surface area contributed by atoms with Crippen molar-refractivity contribution in [3.63, 3.8) is 0 Å². The van der Waals surface area contributed by atoms with Gasteiger partial charge in [0.05, 0.1) is 44.5 Å². The third-order valence-corrected chi connectivity index (χ3v) is 14.4. The van der Waals surface area contributed by atoms with Crippen LogP contribution < -0.4 is 0 Å². The first-order valence-corrected chi connectivity index (χ1v) is 22.4. The van der Waals surface area contributed by atoms with Gasteiger partial charge in [0.2, 0.25) is 5.95 Å². The number of hydrogen-bond donors (Lipinski definition) is 0. The van der Waals surface area contributed by atoms with Gasteiger partial charge in [0, 0.05) is 43.3 Å². The van der Waals surface area contributed by atoms with Gasteiger partial charge in [-0.3, -0.25) is 4.57 Å². The summed E-state index contributed by atoms with van der Waals surface area (Å²) in [5, 5.41) is 7.27. The summed E-state index contributed by atoms with van der Waals surface area (Å²) in [5.74, 6) is 4.20. The molecule has 300 valence electrons. The summed E-state index contributed by atoms with van der Waals surface area (Å²) < 4.78 is 7.23. The van der Waals surface area contributed by atoms with Gasteiger partial charge in [-0.1, -0.05) is 129 Å². The third-order valence-electron chi connectivity index (χ3n) is 14.4.